The molecule has 150 valence electrons. The topological polar surface area (TPSA) is 39.4 Å². The van der Waals surface area contributed by atoms with Crippen LogP contribution in [0.4, 0.5) is 0 Å². The molecule has 0 saturated carbocycles. The number of aryl methyl sites for hydroxylation is 3. The van der Waals surface area contributed by atoms with E-state index in [1.807, 2.05) is 75.4 Å². The largest absolute Gasteiger partial charge is 0.488 e. The van der Waals surface area contributed by atoms with E-state index in [1.54, 1.807) is 12.2 Å². The first-order valence-corrected chi connectivity index (χ1v) is 10.0. The van der Waals surface area contributed by atoms with Crippen molar-refractivity contribution < 1.29 is 13.9 Å². The third kappa shape index (κ3) is 4.20. The Bertz CT molecular complexity index is 1230. The lowest BCUT2D eigenvalue weighted by Crippen LogP contribution is -2.03. The molecule has 0 unspecified atom stereocenters. The predicted molar refractivity (Wildman–Crippen MR) is 121 cm³/mol. The molecule has 3 nitrogen and oxygen atoms in total. The van der Waals surface area contributed by atoms with Crippen LogP contribution in [0.2, 0.25) is 0 Å². The molecular formula is C27H24O3. The lowest BCUT2D eigenvalue weighted by atomic mass is 10.1. The summed E-state index contributed by atoms with van der Waals surface area (Å²) in [6.45, 7) is 6.44. The summed E-state index contributed by atoms with van der Waals surface area (Å²) in [5.74, 6) is 1.17. The number of allylic oxidation sites excluding steroid dienone is 1. The van der Waals surface area contributed by atoms with Gasteiger partial charge in [0.1, 0.15) is 23.7 Å². The van der Waals surface area contributed by atoms with Gasteiger partial charge < -0.3 is 9.15 Å². The molecule has 4 rings (SSSR count). The van der Waals surface area contributed by atoms with Crippen molar-refractivity contribution in [2.45, 2.75) is 27.4 Å². The molecule has 0 amide bonds. The van der Waals surface area contributed by atoms with E-state index < -0.39 is 0 Å². The van der Waals surface area contributed by atoms with Gasteiger partial charge in [-0.15, -0.1) is 0 Å². The van der Waals surface area contributed by atoms with E-state index in [0.717, 1.165) is 33.2 Å². The number of ether oxygens (including phenoxy) is 1. The van der Waals surface area contributed by atoms with Crippen LogP contribution in [0.3, 0.4) is 0 Å². The van der Waals surface area contributed by atoms with Crippen molar-refractivity contribution in [2.24, 2.45) is 0 Å². The summed E-state index contributed by atoms with van der Waals surface area (Å²) in [5.41, 5.74) is 5.64. The van der Waals surface area contributed by atoms with Gasteiger partial charge in [-0.1, -0.05) is 48.5 Å². The van der Waals surface area contributed by atoms with Gasteiger partial charge in [-0.3, -0.25) is 4.79 Å². The van der Waals surface area contributed by atoms with E-state index in [2.05, 4.69) is 12.1 Å². The smallest absolute Gasteiger partial charge is 0.189 e. The van der Waals surface area contributed by atoms with Gasteiger partial charge >= 0.3 is 0 Å². The van der Waals surface area contributed by atoms with Crippen molar-refractivity contribution in [2.75, 3.05) is 0 Å². The second kappa shape index (κ2) is 8.42. The molecule has 0 fully saturated rings. The van der Waals surface area contributed by atoms with Gasteiger partial charge in [-0.05, 0) is 67.8 Å². The third-order valence-corrected chi connectivity index (χ3v) is 5.16. The van der Waals surface area contributed by atoms with Gasteiger partial charge in [-0.2, -0.15) is 0 Å². The van der Waals surface area contributed by atoms with Crippen LogP contribution in [-0.4, -0.2) is 5.78 Å². The molecule has 0 aliphatic rings. The number of rotatable bonds is 6. The maximum Gasteiger partial charge on any atom is 0.189 e. The molecule has 0 aliphatic carbocycles. The minimum Gasteiger partial charge on any atom is -0.488 e. The molecule has 0 N–H and O–H groups in total. The van der Waals surface area contributed by atoms with Crippen LogP contribution >= 0.6 is 0 Å². The molecule has 3 heteroatoms. The van der Waals surface area contributed by atoms with Crippen molar-refractivity contribution >= 4 is 22.8 Å². The van der Waals surface area contributed by atoms with Crippen LogP contribution in [0.1, 0.15) is 38.4 Å². The van der Waals surface area contributed by atoms with Crippen LogP contribution in [0.25, 0.3) is 17.0 Å². The van der Waals surface area contributed by atoms with Crippen LogP contribution in [-0.2, 0) is 6.61 Å². The van der Waals surface area contributed by atoms with E-state index in [-0.39, 0.29) is 5.78 Å². The zero-order chi connectivity index (χ0) is 21.1. The number of hydrogen-bond donors (Lipinski definition) is 0. The summed E-state index contributed by atoms with van der Waals surface area (Å²) >= 11 is 0. The van der Waals surface area contributed by atoms with E-state index >= 15 is 0 Å². The standard InChI is InChI=1S/C27H24O3/c1-18-10-12-23(26(15-18)29-17-21-7-5-4-6-8-21)24(28)13-14-25-20(3)22-11-9-19(2)16-27(22)30-25/h4-16H,17H2,1-3H3. The Morgan fingerprint density at radius 3 is 2.47 bits per heavy atom. The molecule has 0 saturated heterocycles. The van der Waals surface area contributed by atoms with Gasteiger partial charge in [-0.25, -0.2) is 0 Å². The maximum atomic E-state index is 12.9. The van der Waals surface area contributed by atoms with E-state index in [9.17, 15) is 4.79 Å². The maximum absolute atomic E-state index is 12.9. The van der Waals surface area contributed by atoms with Crippen molar-refractivity contribution in [1.29, 1.82) is 0 Å². The molecule has 1 aromatic heterocycles. The highest BCUT2D eigenvalue weighted by molar-refractivity contribution is 6.08. The van der Waals surface area contributed by atoms with Gasteiger partial charge in [0.2, 0.25) is 0 Å². The molecule has 3 aromatic carbocycles. The fourth-order valence-electron chi connectivity index (χ4n) is 3.44. The minimum absolute atomic E-state index is 0.117. The monoisotopic (exact) mass is 396 g/mol. The minimum atomic E-state index is -0.117. The van der Waals surface area contributed by atoms with Crippen LogP contribution in [0.5, 0.6) is 5.75 Å². The normalized spacial score (nSPS) is 11.3. The second-order valence-electron chi connectivity index (χ2n) is 7.56. The highest BCUT2D eigenvalue weighted by atomic mass is 16.5. The summed E-state index contributed by atoms with van der Waals surface area (Å²) < 4.78 is 11.9. The number of furan rings is 1. The van der Waals surface area contributed by atoms with Crippen molar-refractivity contribution in [3.8, 4) is 5.75 Å². The second-order valence-corrected chi connectivity index (χ2v) is 7.56. The van der Waals surface area contributed by atoms with Gasteiger partial charge in [0.25, 0.3) is 0 Å². The average Bonchev–Trinajstić information content (AvgIpc) is 3.06. The summed E-state index contributed by atoms with van der Waals surface area (Å²) in [5, 5.41) is 1.06. The molecule has 30 heavy (non-hydrogen) atoms. The van der Waals surface area contributed by atoms with Crippen molar-refractivity contribution in [3.05, 3.63) is 106 Å². The van der Waals surface area contributed by atoms with E-state index in [0.29, 0.717) is 23.7 Å². The molecule has 0 bridgehead atoms. The number of carbonyl (C=O) groups is 1. The zero-order valence-corrected chi connectivity index (χ0v) is 17.4. The molecule has 4 aromatic rings. The third-order valence-electron chi connectivity index (χ3n) is 5.16. The quantitative estimate of drug-likeness (QED) is 0.265. The number of fused-ring (bicyclic) bond motifs is 1. The number of carbonyl (C=O) groups excluding carboxylic acids is 1. The lowest BCUT2D eigenvalue weighted by molar-refractivity contribution is 0.104. The number of benzene rings is 3. The Kier molecular flexibility index (Phi) is 5.53. The Labute approximate surface area is 176 Å². The SMILES string of the molecule is Cc1ccc(C(=O)C=Cc2oc3cc(C)ccc3c2C)c(OCc2ccccc2)c1. The first-order valence-electron chi connectivity index (χ1n) is 10.0. The van der Waals surface area contributed by atoms with Gasteiger partial charge in [0, 0.05) is 10.9 Å². The van der Waals surface area contributed by atoms with E-state index in [4.69, 9.17) is 9.15 Å². The molecule has 0 radical (unpaired) electrons. The predicted octanol–water partition coefficient (Wildman–Crippen LogP) is 6.83. The highest BCUT2D eigenvalue weighted by Crippen LogP contribution is 2.28. The molecule has 0 spiro atoms. The summed E-state index contributed by atoms with van der Waals surface area (Å²) in [7, 11) is 0. The fraction of sp³-hybridized carbons (Fsp3) is 0.148. The first kappa shape index (κ1) is 19.7. The molecule has 1 heterocycles. The fourth-order valence-corrected chi connectivity index (χ4v) is 3.44. The average molecular weight is 396 g/mol. The number of hydrogen-bond acceptors (Lipinski definition) is 3. The Morgan fingerprint density at radius 1 is 0.933 bits per heavy atom. The zero-order valence-electron chi connectivity index (χ0n) is 17.4. The van der Waals surface area contributed by atoms with E-state index in [1.165, 1.54) is 0 Å². The summed E-state index contributed by atoms with van der Waals surface area (Å²) in [6, 6.07) is 21.7. The summed E-state index contributed by atoms with van der Waals surface area (Å²) in [4.78, 5) is 12.9. The molecule has 0 aliphatic heterocycles. The van der Waals surface area contributed by atoms with Crippen molar-refractivity contribution in [1.82, 2.24) is 0 Å². The van der Waals surface area contributed by atoms with Crippen LogP contribution < -0.4 is 4.74 Å². The molecular weight excluding hydrogens is 372 g/mol. The highest BCUT2D eigenvalue weighted by Gasteiger charge is 2.13. The van der Waals surface area contributed by atoms with Gasteiger partial charge in [0.15, 0.2) is 5.78 Å². The first-order chi connectivity index (χ1) is 14.5. The number of ketones is 1. The Morgan fingerprint density at radius 2 is 1.67 bits per heavy atom. The summed E-state index contributed by atoms with van der Waals surface area (Å²) in [6.07, 6.45) is 3.30. The van der Waals surface area contributed by atoms with Gasteiger partial charge in [0.05, 0.1) is 5.56 Å². The van der Waals surface area contributed by atoms with Crippen LogP contribution in [0, 0.1) is 20.8 Å². The Balaban J connectivity index is 1.58. The van der Waals surface area contributed by atoms with Crippen molar-refractivity contribution in [3.63, 3.8) is 0 Å². The molecule has 0 atom stereocenters. The van der Waals surface area contributed by atoms with Crippen LogP contribution in [0.15, 0.2) is 77.2 Å². The lowest BCUT2D eigenvalue weighted by Gasteiger charge is -2.11. The Hall–Kier alpha value is -3.59.